The van der Waals surface area contributed by atoms with E-state index in [2.05, 4.69) is 11.4 Å². The van der Waals surface area contributed by atoms with Crippen LogP contribution in [0.5, 0.6) is 0 Å². The third-order valence-corrected chi connectivity index (χ3v) is 3.44. The normalized spacial score (nSPS) is 10.4. The highest BCUT2D eigenvalue weighted by Crippen LogP contribution is 2.29. The smallest absolute Gasteiger partial charge is 0.244 e. The van der Waals surface area contributed by atoms with Crippen LogP contribution in [-0.2, 0) is 4.79 Å². The molecule has 0 fully saturated rings. The van der Waals surface area contributed by atoms with E-state index in [4.69, 9.17) is 16.9 Å². The van der Waals surface area contributed by atoms with Gasteiger partial charge < -0.3 is 5.32 Å². The molecule has 0 aliphatic heterocycles. The zero-order valence-electron chi connectivity index (χ0n) is 10.8. The van der Waals surface area contributed by atoms with Crippen molar-refractivity contribution in [2.45, 2.75) is 26.7 Å². The highest BCUT2D eigenvalue weighted by Gasteiger charge is 2.35. The number of anilines is 1. The molecule has 0 aromatic heterocycles. The van der Waals surface area contributed by atoms with Crippen molar-refractivity contribution in [2.24, 2.45) is 5.41 Å². The topological polar surface area (TPSA) is 76.7 Å². The van der Waals surface area contributed by atoms with Crippen molar-refractivity contribution in [3.05, 3.63) is 28.8 Å². The van der Waals surface area contributed by atoms with E-state index in [9.17, 15) is 10.1 Å². The number of halogens is 1. The summed E-state index contributed by atoms with van der Waals surface area (Å²) in [5.41, 5.74) is -0.423. The van der Waals surface area contributed by atoms with Gasteiger partial charge in [0, 0.05) is 5.02 Å². The number of hydrogen-bond donors (Lipinski definition) is 1. The Hall–Kier alpha value is -2.04. The summed E-state index contributed by atoms with van der Waals surface area (Å²) in [7, 11) is 0. The second-order valence-electron chi connectivity index (χ2n) is 4.16. The summed E-state index contributed by atoms with van der Waals surface area (Å²) in [5.74, 6) is -0.404. The summed E-state index contributed by atoms with van der Waals surface area (Å²) in [6.45, 7) is 3.57. The maximum Gasteiger partial charge on any atom is 0.244 e. The number of nitrogens with one attached hydrogen (secondary N) is 1. The summed E-state index contributed by atoms with van der Waals surface area (Å²) in [4.78, 5) is 12.2. The lowest BCUT2D eigenvalue weighted by atomic mass is 9.83. The fraction of sp³-hybridized carbons (Fsp3) is 0.357. The predicted octanol–water partition coefficient (Wildman–Crippen LogP) is 3.48. The number of nitrogens with zero attached hydrogens (tertiary/aromatic N) is 2. The van der Waals surface area contributed by atoms with Gasteiger partial charge in [0.25, 0.3) is 0 Å². The summed E-state index contributed by atoms with van der Waals surface area (Å²) in [5, 5.41) is 21.2. The maximum absolute atomic E-state index is 12.2. The van der Waals surface area contributed by atoms with E-state index in [0.717, 1.165) is 0 Å². The lowest BCUT2D eigenvalue weighted by molar-refractivity contribution is -0.123. The molecule has 0 bridgehead atoms. The van der Waals surface area contributed by atoms with Crippen molar-refractivity contribution >= 4 is 23.2 Å². The molecule has 1 N–H and O–H groups in total. The number of hydrogen-bond acceptors (Lipinski definition) is 3. The Morgan fingerprint density at radius 2 is 2.00 bits per heavy atom. The minimum Gasteiger partial charge on any atom is -0.323 e. The molecule has 0 radical (unpaired) electrons. The first kappa shape index (κ1) is 15.0. The fourth-order valence-corrected chi connectivity index (χ4v) is 1.91. The van der Waals surface area contributed by atoms with Crippen molar-refractivity contribution in [3.63, 3.8) is 0 Å². The molecule has 0 spiro atoms. The van der Waals surface area contributed by atoms with Crippen LogP contribution in [0.4, 0.5) is 5.69 Å². The van der Waals surface area contributed by atoms with Crippen molar-refractivity contribution in [3.8, 4) is 12.1 Å². The van der Waals surface area contributed by atoms with Crippen molar-refractivity contribution in [1.29, 1.82) is 10.5 Å². The molecule has 0 heterocycles. The molecule has 0 aliphatic carbocycles. The highest BCUT2D eigenvalue weighted by atomic mass is 35.5. The molecule has 1 amide bonds. The number of carbonyl (C=O) groups excluding carboxylic acids is 1. The van der Waals surface area contributed by atoms with Gasteiger partial charge in [-0.05, 0) is 31.0 Å². The molecule has 0 atom stereocenters. The van der Waals surface area contributed by atoms with E-state index >= 15 is 0 Å². The molecule has 0 saturated heterocycles. The first-order valence-corrected chi connectivity index (χ1v) is 6.33. The molecule has 1 rings (SSSR count). The van der Waals surface area contributed by atoms with Gasteiger partial charge in [-0.25, -0.2) is 0 Å². The molecule has 0 unspecified atom stereocenters. The van der Waals surface area contributed by atoms with Crippen LogP contribution < -0.4 is 5.32 Å². The Labute approximate surface area is 117 Å². The van der Waals surface area contributed by atoms with Crippen LogP contribution in [0.2, 0.25) is 5.02 Å². The van der Waals surface area contributed by atoms with Gasteiger partial charge in [0.05, 0.1) is 17.3 Å². The fourth-order valence-electron chi connectivity index (χ4n) is 1.74. The number of rotatable bonds is 4. The second kappa shape index (κ2) is 6.22. The van der Waals surface area contributed by atoms with Gasteiger partial charge in [0.2, 0.25) is 5.91 Å². The van der Waals surface area contributed by atoms with Gasteiger partial charge in [-0.3, -0.25) is 4.79 Å². The average molecular weight is 276 g/mol. The average Bonchev–Trinajstić information content (AvgIpc) is 2.41. The molecular weight excluding hydrogens is 262 g/mol. The molecule has 1 aromatic rings. The van der Waals surface area contributed by atoms with Gasteiger partial charge in [0.1, 0.15) is 11.5 Å². The number of amides is 1. The first-order valence-electron chi connectivity index (χ1n) is 5.95. The minimum absolute atomic E-state index is 0.316. The largest absolute Gasteiger partial charge is 0.323 e. The van der Waals surface area contributed by atoms with E-state index in [-0.39, 0.29) is 0 Å². The van der Waals surface area contributed by atoms with Crippen molar-refractivity contribution in [1.82, 2.24) is 0 Å². The van der Waals surface area contributed by atoms with Gasteiger partial charge in [-0.2, -0.15) is 10.5 Å². The van der Waals surface area contributed by atoms with E-state index in [1.807, 2.05) is 6.07 Å². The Kier molecular flexibility index (Phi) is 4.92. The zero-order chi connectivity index (χ0) is 14.5. The Bertz CT molecular complexity index is 565. The van der Waals surface area contributed by atoms with Gasteiger partial charge >= 0.3 is 0 Å². The number of carbonyl (C=O) groups is 1. The van der Waals surface area contributed by atoms with E-state index in [0.29, 0.717) is 29.1 Å². The third kappa shape index (κ3) is 3.05. The van der Waals surface area contributed by atoms with Crippen LogP contribution in [-0.4, -0.2) is 5.91 Å². The maximum atomic E-state index is 12.2. The van der Waals surface area contributed by atoms with Crippen LogP contribution in [0.3, 0.4) is 0 Å². The van der Waals surface area contributed by atoms with Gasteiger partial charge in [-0.15, -0.1) is 0 Å². The quantitative estimate of drug-likeness (QED) is 0.914. The second-order valence-corrected chi connectivity index (χ2v) is 4.59. The van der Waals surface area contributed by atoms with Crippen molar-refractivity contribution < 1.29 is 4.79 Å². The lowest BCUT2D eigenvalue weighted by Gasteiger charge is -2.22. The molecule has 5 heteroatoms. The van der Waals surface area contributed by atoms with Crippen LogP contribution in [0.25, 0.3) is 0 Å². The summed E-state index contributed by atoms with van der Waals surface area (Å²) in [6, 6.07) is 8.65. The van der Waals surface area contributed by atoms with E-state index < -0.39 is 11.3 Å². The van der Waals surface area contributed by atoms with Crippen LogP contribution in [0.15, 0.2) is 18.2 Å². The molecular formula is C14H14ClN3O. The van der Waals surface area contributed by atoms with Crippen LogP contribution in [0, 0.1) is 28.1 Å². The minimum atomic E-state index is -1.07. The monoisotopic (exact) mass is 275 g/mol. The predicted molar refractivity (Wildman–Crippen MR) is 73.4 cm³/mol. The molecule has 0 saturated carbocycles. The molecule has 0 aliphatic rings. The summed E-state index contributed by atoms with van der Waals surface area (Å²) >= 11 is 5.85. The van der Waals surface area contributed by atoms with Crippen molar-refractivity contribution in [2.75, 3.05) is 5.32 Å². The van der Waals surface area contributed by atoms with E-state index in [1.165, 1.54) is 12.1 Å². The van der Waals surface area contributed by atoms with Gasteiger partial charge in [0.15, 0.2) is 0 Å². The van der Waals surface area contributed by atoms with E-state index in [1.54, 1.807) is 19.9 Å². The highest BCUT2D eigenvalue weighted by molar-refractivity contribution is 6.31. The van der Waals surface area contributed by atoms with Crippen LogP contribution in [0.1, 0.15) is 32.3 Å². The Balaban J connectivity index is 3.10. The lowest BCUT2D eigenvalue weighted by Crippen LogP contribution is -2.34. The summed E-state index contributed by atoms with van der Waals surface area (Å²) in [6.07, 6.45) is 0.822. The molecule has 98 valence electrons. The Morgan fingerprint density at radius 3 is 2.47 bits per heavy atom. The van der Waals surface area contributed by atoms with Crippen LogP contribution >= 0.6 is 11.6 Å². The molecule has 19 heavy (non-hydrogen) atoms. The third-order valence-electron chi connectivity index (χ3n) is 3.21. The first-order chi connectivity index (χ1) is 9.02. The van der Waals surface area contributed by atoms with Gasteiger partial charge in [-0.1, -0.05) is 25.4 Å². The Morgan fingerprint density at radius 1 is 1.37 bits per heavy atom. The summed E-state index contributed by atoms with van der Waals surface area (Å²) < 4.78 is 0. The molecule has 1 aromatic carbocycles. The molecule has 4 nitrogen and oxygen atoms in total. The standard InChI is InChI=1S/C14H14ClN3O/c1-3-14(4-2,9-17)13(19)18-12-7-11(15)6-5-10(12)8-16/h5-7H,3-4H2,1-2H3,(H,18,19). The zero-order valence-corrected chi connectivity index (χ0v) is 11.6. The SMILES string of the molecule is CCC(C#N)(CC)C(=O)Nc1cc(Cl)ccc1C#N. The number of nitriles is 2. The number of benzene rings is 1.